The molecule has 3 rings (SSSR count). The van der Waals surface area contributed by atoms with Crippen molar-refractivity contribution in [3.8, 4) is 11.5 Å². The zero-order chi connectivity index (χ0) is 20.1. The Morgan fingerprint density at radius 3 is 2.64 bits per heavy atom. The predicted octanol–water partition coefficient (Wildman–Crippen LogP) is 3.56. The maximum absolute atomic E-state index is 12.4. The van der Waals surface area contributed by atoms with Crippen molar-refractivity contribution in [3.63, 3.8) is 0 Å². The third-order valence-electron chi connectivity index (χ3n) is 3.89. The fourth-order valence-electron chi connectivity index (χ4n) is 2.55. The number of hydrogen-bond donors (Lipinski definition) is 1. The van der Waals surface area contributed by atoms with Crippen LogP contribution in [0.25, 0.3) is 6.08 Å². The predicted molar refractivity (Wildman–Crippen MR) is 111 cm³/mol. The largest absolute Gasteiger partial charge is 0.493 e. The number of nitrogens with zero attached hydrogens (tertiary/aromatic N) is 1. The summed E-state index contributed by atoms with van der Waals surface area (Å²) in [7, 11) is 1.54. The van der Waals surface area contributed by atoms with Crippen LogP contribution in [0, 0.1) is 0 Å². The first-order valence-electron chi connectivity index (χ1n) is 8.30. The Hall–Kier alpha value is -2.84. The van der Waals surface area contributed by atoms with Crippen molar-refractivity contribution >= 4 is 46.3 Å². The number of carbonyl (C=O) groups excluding carboxylic acids is 1. The number of carboxylic acid groups (broad SMARTS) is 1. The van der Waals surface area contributed by atoms with Gasteiger partial charge in [0.1, 0.15) is 17.5 Å². The van der Waals surface area contributed by atoms with Gasteiger partial charge in [0.25, 0.3) is 5.91 Å². The van der Waals surface area contributed by atoms with Crippen LogP contribution in [0.15, 0.2) is 53.4 Å². The van der Waals surface area contributed by atoms with E-state index in [1.165, 1.54) is 0 Å². The number of benzene rings is 2. The molecule has 1 N–H and O–H groups in total. The first kappa shape index (κ1) is 19.9. The zero-order valence-electron chi connectivity index (χ0n) is 15.0. The van der Waals surface area contributed by atoms with Crippen LogP contribution >= 0.6 is 24.0 Å². The summed E-state index contributed by atoms with van der Waals surface area (Å²) in [6, 6.07) is 15.1. The summed E-state index contributed by atoms with van der Waals surface area (Å²) in [5.74, 6) is -0.410. The highest BCUT2D eigenvalue weighted by Gasteiger charge is 2.33. The Morgan fingerprint density at radius 2 is 1.96 bits per heavy atom. The molecule has 1 saturated heterocycles. The normalized spacial score (nSPS) is 15.2. The maximum atomic E-state index is 12.4. The molecular weight excluding hydrogens is 398 g/mol. The van der Waals surface area contributed by atoms with Crippen LogP contribution < -0.4 is 9.47 Å². The minimum Gasteiger partial charge on any atom is -0.493 e. The minimum absolute atomic E-state index is 0.230. The number of carboxylic acids is 1. The number of aliphatic carboxylic acids is 1. The molecule has 0 spiro atoms. The molecule has 0 unspecified atom stereocenters. The summed E-state index contributed by atoms with van der Waals surface area (Å²) in [4.78, 5) is 24.7. The van der Waals surface area contributed by atoms with Crippen LogP contribution in [0.2, 0.25) is 0 Å². The molecule has 0 bridgehead atoms. The van der Waals surface area contributed by atoms with Crippen molar-refractivity contribution < 1.29 is 24.2 Å². The second kappa shape index (κ2) is 8.90. The van der Waals surface area contributed by atoms with E-state index in [-0.39, 0.29) is 4.32 Å². The van der Waals surface area contributed by atoms with Crippen LogP contribution in [0.4, 0.5) is 0 Å². The monoisotopic (exact) mass is 415 g/mol. The highest BCUT2D eigenvalue weighted by molar-refractivity contribution is 8.26. The van der Waals surface area contributed by atoms with Gasteiger partial charge in [-0.1, -0.05) is 60.4 Å². The van der Waals surface area contributed by atoms with E-state index < -0.39 is 18.4 Å². The molecule has 0 saturated carbocycles. The molecule has 1 aliphatic heterocycles. The van der Waals surface area contributed by atoms with Crippen LogP contribution in [0.1, 0.15) is 11.1 Å². The minimum atomic E-state index is -1.11. The van der Waals surface area contributed by atoms with E-state index in [0.717, 1.165) is 27.8 Å². The summed E-state index contributed by atoms with van der Waals surface area (Å²) < 4.78 is 11.5. The lowest BCUT2D eigenvalue weighted by atomic mass is 10.1. The van der Waals surface area contributed by atoms with E-state index >= 15 is 0 Å². The molecule has 28 heavy (non-hydrogen) atoms. The van der Waals surface area contributed by atoms with Crippen molar-refractivity contribution in [2.24, 2.45) is 0 Å². The summed E-state index contributed by atoms with van der Waals surface area (Å²) in [6.45, 7) is -0.0397. The summed E-state index contributed by atoms with van der Waals surface area (Å²) in [6.07, 6.45) is 1.66. The Balaban J connectivity index is 1.76. The Morgan fingerprint density at radius 1 is 1.21 bits per heavy atom. The van der Waals surface area contributed by atoms with E-state index in [0.29, 0.717) is 23.0 Å². The van der Waals surface area contributed by atoms with Gasteiger partial charge in [0, 0.05) is 0 Å². The summed E-state index contributed by atoms with van der Waals surface area (Å²) in [5.41, 5.74) is 1.76. The second-order valence-electron chi connectivity index (χ2n) is 5.85. The van der Waals surface area contributed by atoms with Gasteiger partial charge < -0.3 is 14.6 Å². The van der Waals surface area contributed by atoms with Crippen LogP contribution in [0.5, 0.6) is 11.5 Å². The fraction of sp³-hybridized carbons (Fsp3) is 0.150. The first-order valence-corrected chi connectivity index (χ1v) is 9.52. The topological polar surface area (TPSA) is 76.1 Å². The number of hydrogen-bond acceptors (Lipinski definition) is 6. The number of rotatable bonds is 7. The molecule has 1 aliphatic rings. The molecule has 0 radical (unpaired) electrons. The molecule has 2 aromatic carbocycles. The van der Waals surface area contributed by atoms with Gasteiger partial charge in [0.05, 0.1) is 12.0 Å². The third-order valence-corrected chi connectivity index (χ3v) is 5.27. The van der Waals surface area contributed by atoms with Gasteiger partial charge in [-0.05, 0) is 29.3 Å². The lowest BCUT2D eigenvalue weighted by Crippen LogP contribution is -2.33. The lowest BCUT2D eigenvalue weighted by molar-refractivity contribution is -0.140. The molecule has 1 fully saturated rings. The molecule has 1 heterocycles. The van der Waals surface area contributed by atoms with Crippen LogP contribution in [-0.4, -0.2) is 39.9 Å². The highest BCUT2D eigenvalue weighted by Crippen LogP contribution is 2.34. The molecule has 0 aliphatic carbocycles. The van der Waals surface area contributed by atoms with Gasteiger partial charge >= 0.3 is 5.97 Å². The number of thioether (sulfide) groups is 1. The Bertz CT molecular complexity index is 943. The molecule has 144 valence electrons. The van der Waals surface area contributed by atoms with E-state index in [1.807, 2.05) is 30.3 Å². The standard InChI is InChI=1S/C20H17NO5S2/c1-25-16-9-14(7-8-15(16)26-12-13-5-3-2-4-6-13)10-17-19(24)21(11-18(22)23)20(27)28-17/h2-10H,11-12H2,1H3,(H,22,23)/b17-10+. The van der Waals surface area contributed by atoms with Crippen molar-refractivity contribution in [2.45, 2.75) is 6.61 Å². The van der Waals surface area contributed by atoms with E-state index in [9.17, 15) is 9.59 Å². The lowest BCUT2D eigenvalue weighted by Gasteiger charge is -2.12. The van der Waals surface area contributed by atoms with Gasteiger partial charge in [-0.15, -0.1) is 0 Å². The molecule has 1 amide bonds. The van der Waals surface area contributed by atoms with Gasteiger partial charge in [0.15, 0.2) is 11.5 Å². The number of ether oxygens (including phenoxy) is 2. The van der Waals surface area contributed by atoms with E-state index in [4.69, 9.17) is 26.8 Å². The summed E-state index contributed by atoms with van der Waals surface area (Å²) in [5, 5.41) is 8.90. The molecule has 8 heteroatoms. The highest BCUT2D eigenvalue weighted by atomic mass is 32.2. The Kier molecular flexibility index (Phi) is 6.33. The van der Waals surface area contributed by atoms with Crippen LogP contribution in [-0.2, 0) is 16.2 Å². The third kappa shape index (κ3) is 4.71. The van der Waals surface area contributed by atoms with Gasteiger partial charge in [-0.3, -0.25) is 14.5 Å². The molecule has 2 aromatic rings. The van der Waals surface area contributed by atoms with Gasteiger partial charge in [0.2, 0.25) is 0 Å². The van der Waals surface area contributed by atoms with E-state index in [2.05, 4.69) is 0 Å². The van der Waals surface area contributed by atoms with Crippen molar-refractivity contribution in [1.82, 2.24) is 4.90 Å². The Labute approximate surface area is 171 Å². The average molecular weight is 415 g/mol. The zero-order valence-corrected chi connectivity index (χ0v) is 16.6. The fourth-order valence-corrected chi connectivity index (χ4v) is 3.81. The van der Waals surface area contributed by atoms with Crippen molar-refractivity contribution in [3.05, 3.63) is 64.6 Å². The van der Waals surface area contributed by atoms with Crippen molar-refractivity contribution in [1.29, 1.82) is 0 Å². The number of carbonyl (C=O) groups is 2. The second-order valence-corrected chi connectivity index (χ2v) is 7.52. The molecule has 0 aromatic heterocycles. The summed E-state index contributed by atoms with van der Waals surface area (Å²) >= 11 is 6.18. The van der Waals surface area contributed by atoms with Gasteiger partial charge in [-0.25, -0.2) is 0 Å². The first-order chi connectivity index (χ1) is 13.5. The molecular formula is C20H17NO5S2. The molecule has 6 nitrogen and oxygen atoms in total. The number of thiocarbonyl (C=S) groups is 1. The SMILES string of the molecule is COc1cc(/C=C2/SC(=S)N(CC(=O)O)C2=O)ccc1OCc1ccccc1. The van der Waals surface area contributed by atoms with Crippen molar-refractivity contribution in [2.75, 3.05) is 13.7 Å². The smallest absolute Gasteiger partial charge is 0.323 e. The maximum Gasteiger partial charge on any atom is 0.323 e. The quantitative estimate of drug-likeness (QED) is 0.547. The average Bonchev–Trinajstić information content (AvgIpc) is 2.94. The number of amides is 1. The van der Waals surface area contributed by atoms with Crippen LogP contribution in [0.3, 0.4) is 0 Å². The van der Waals surface area contributed by atoms with Gasteiger partial charge in [-0.2, -0.15) is 0 Å². The van der Waals surface area contributed by atoms with E-state index in [1.54, 1.807) is 31.4 Å². The number of methoxy groups -OCH3 is 1. The molecule has 0 atom stereocenters.